The third-order valence-corrected chi connectivity index (χ3v) is 4.24. The molecule has 0 spiro atoms. The Hall–Kier alpha value is -3.39. The first kappa shape index (κ1) is 17.4. The number of aromatic nitrogens is 2. The molecule has 0 fully saturated rings. The molecule has 0 atom stereocenters. The molecule has 3 aromatic rings. The monoisotopic (exact) mass is 366 g/mol. The molecule has 0 unspecified atom stereocenters. The number of carbonyl (C=O) groups is 1. The summed E-state index contributed by atoms with van der Waals surface area (Å²) < 4.78 is 0. The molecule has 0 saturated heterocycles. The number of rotatable bonds is 6. The second-order valence-electron chi connectivity index (χ2n) is 5.34. The van der Waals surface area contributed by atoms with Crippen molar-refractivity contribution in [1.29, 1.82) is 0 Å². The molecule has 2 aromatic carbocycles. The Morgan fingerprint density at radius 2 is 1.96 bits per heavy atom. The maximum absolute atomic E-state index is 12.0. The van der Waals surface area contributed by atoms with Crippen molar-refractivity contribution < 1.29 is 9.72 Å². The molecule has 1 amide bonds. The number of amides is 1. The fourth-order valence-electron chi connectivity index (χ4n) is 2.21. The summed E-state index contributed by atoms with van der Waals surface area (Å²) in [5.74, 6) is -0.376. The van der Waals surface area contributed by atoms with Gasteiger partial charge in [0.15, 0.2) is 0 Å². The molecule has 0 radical (unpaired) electrons. The Morgan fingerprint density at radius 3 is 2.73 bits per heavy atom. The van der Waals surface area contributed by atoms with Crippen molar-refractivity contribution in [2.45, 2.75) is 6.42 Å². The van der Waals surface area contributed by atoms with E-state index in [1.54, 1.807) is 12.1 Å². The highest BCUT2D eigenvalue weighted by Crippen LogP contribution is 2.19. The number of carbonyl (C=O) groups excluding carboxylic acids is 1. The number of nitrogens with zero attached hydrogens (tertiary/aromatic N) is 3. The number of hydrogen-bond donors (Lipinski definition) is 1. The number of nitrogens with one attached hydrogen (secondary N) is 1. The predicted molar refractivity (Wildman–Crippen MR) is 99.9 cm³/mol. The van der Waals surface area contributed by atoms with E-state index >= 15 is 0 Å². The van der Waals surface area contributed by atoms with Gasteiger partial charge in [0, 0.05) is 24.6 Å². The zero-order valence-electron chi connectivity index (χ0n) is 13.5. The van der Waals surface area contributed by atoms with Crippen LogP contribution in [0, 0.1) is 10.1 Å². The van der Waals surface area contributed by atoms with E-state index in [0.29, 0.717) is 17.1 Å². The van der Waals surface area contributed by atoms with Crippen molar-refractivity contribution in [2.24, 2.45) is 0 Å². The Balaban J connectivity index is 1.60. The maximum Gasteiger partial charge on any atom is 0.270 e. The Labute approximate surface area is 153 Å². The summed E-state index contributed by atoms with van der Waals surface area (Å²) in [7, 11) is 0. The van der Waals surface area contributed by atoms with Gasteiger partial charge in [-0.1, -0.05) is 53.8 Å². The summed E-state index contributed by atoms with van der Waals surface area (Å²) in [6.45, 7) is 0. The van der Waals surface area contributed by atoms with Gasteiger partial charge in [-0.2, -0.15) is 0 Å². The van der Waals surface area contributed by atoms with Gasteiger partial charge in [0.05, 0.1) is 4.92 Å². The van der Waals surface area contributed by atoms with Gasteiger partial charge in [0.1, 0.15) is 5.01 Å². The third-order valence-electron chi connectivity index (χ3n) is 3.40. The highest BCUT2D eigenvalue weighted by molar-refractivity contribution is 7.15. The lowest BCUT2D eigenvalue weighted by Crippen LogP contribution is -2.07. The normalized spacial score (nSPS) is 10.8. The van der Waals surface area contributed by atoms with Crippen LogP contribution in [-0.2, 0) is 11.2 Å². The zero-order chi connectivity index (χ0) is 18.4. The van der Waals surface area contributed by atoms with Crippen molar-refractivity contribution >= 4 is 34.1 Å². The van der Waals surface area contributed by atoms with Gasteiger partial charge in [-0.25, -0.2) is 0 Å². The number of nitro benzene ring substituents is 1. The van der Waals surface area contributed by atoms with Crippen LogP contribution in [0.3, 0.4) is 0 Å². The number of anilines is 1. The van der Waals surface area contributed by atoms with E-state index in [1.165, 1.54) is 35.6 Å². The lowest BCUT2D eigenvalue weighted by Gasteiger charge is -1.96. The Bertz CT molecular complexity index is 954. The van der Waals surface area contributed by atoms with Gasteiger partial charge < -0.3 is 0 Å². The molecule has 1 N–H and O–H groups in total. The quantitative estimate of drug-likeness (QED) is 0.407. The number of non-ortho nitro benzene ring substituents is 1. The molecule has 7 nitrogen and oxygen atoms in total. The summed E-state index contributed by atoms with van der Waals surface area (Å²) >= 11 is 1.31. The molecule has 3 rings (SSSR count). The first-order valence-electron chi connectivity index (χ1n) is 7.70. The smallest absolute Gasteiger partial charge is 0.270 e. The van der Waals surface area contributed by atoms with E-state index in [2.05, 4.69) is 15.5 Å². The number of benzene rings is 2. The van der Waals surface area contributed by atoms with E-state index < -0.39 is 4.92 Å². The van der Waals surface area contributed by atoms with E-state index in [1.807, 2.05) is 30.3 Å². The molecule has 0 saturated carbocycles. The van der Waals surface area contributed by atoms with Gasteiger partial charge in [0.25, 0.3) is 5.69 Å². The van der Waals surface area contributed by atoms with Crippen LogP contribution < -0.4 is 5.32 Å². The standard InChI is InChI=1S/C18H14N4O3S/c23-16(10-9-14-7-4-8-15(11-14)22(24)25)19-18-21-20-17(26-18)12-13-5-2-1-3-6-13/h1-11H,12H2,(H,19,21,23). The fraction of sp³-hybridized carbons (Fsp3) is 0.0556. The highest BCUT2D eigenvalue weighted by atomic mass is 32.1. The molecular formula is C18H14N4O3S. The largest absolute Gasteiger partial charge is 0.297 e. The average molecular weight is 366 g/mol. The average Bonchev–Trinajstić information content (AvgIpc) is 3.08. The number of nitro groups is 1. The van der Waals surface area contributed by atoms with Crippen LogP contribution in [0.25, 0.3) is 6.08 Å². The van der Waals surface area contributed by atoms with E-state index in [4.69, 9.17) is 0 Å². The molecule has 0 aliphatic carbocycles. The highest BCUT2D eigenvalue weighted by Gasteiger charge is 2.08. The Kier molecular flexibility index (Phi) is 5.45. The summed E-state index contributed by atoms with van der Waals surface area (Å²) in [6.07, 6.45) is 3.46. The topological polar surface area (TPSA) is 98.0 Å². The minimum Gasteiger partial charge on any atom is -0.297 e. The fourth-order valence-corrected chi connectivity index (χ4v) is 2.98. The third kappa shape index (κ3) is 4.81. The van der Waals surface area contributed by atoms with Crippen molar-refractivity contribution in [3.8, 4) is 0 Å². The summed E-state index contributed by atoms with van der Waals surface area (Å²) in [5, 5.41) is 22.6. The van der Waals surface area contributed by atoms with Crippen molar-refractivity contribution in [1.82, 2.24) is 10.2 Å². The van der Waals surface area contributed by atoms with Crippen molar-refractivity contribution in [3.05, 3.63) is 86.9 Å². The van der Waals surface area contributed by atoms with Crippen LogP contribution in [0.15, 0.2) is 60.7 Å². The lowest BCUT2D eigenvalue weighted by atomic mass is 10.2. The van der Waals surface area contributed by atoms with Gasteiger partial charge in [-0.3, -0.25) is 20.2 Å². The van der Waals surface area contributed by atoms with Gasteiger partial charge in [-0.15, -0.1) is 10.2 Å². The molecule has 1 heterocycles. The van der Waals surface area contributed by atoms with Crippen LogP contribution in [0.1, 0.15) is 16.1 Å². The van der Waals surface area contributed by atoms with Crippen LogP contribution in [0.2, 0.25) is 0 Å². The van der Waals surface area contributed by atoms with Gasteiger partial charge in [0.2, 0.25) is 11.0 Å². The van der Waals surface area contributed by atoms with Crippen LogP contribution >= 0.6 is 11.3 Å². The second kappa shape index (κ2) is 8.13. The first-order valence-corrected chi connectivity index (χ1v) is 8.51. The van der Waals surface area contributed by atoms with Crippen LogP contribution in [0.5, 0.6) is 0 Å². The zero-order valence-corrected chi connectivity index (χ0v) is 14.3. The minimum atomic E-state index is -0.479. The predicted octanol–water partition coefficient (Wildman–Crippen LogP) is 3.69. The molecule has 0 aliphatic rings. The van der Waals surface area contributed by atoms with E-state index in [0.717, 1.165) is 10.6 Å². The molecule has 0 aliphatic heterocycles. The summed E-state index contributed by atoms with van der Waals surface area (Å²) in [4.78, 5) is 22.3. The van der Waals surface area contributed by atoms with E-state index in [9.17, 15) is 14.9 Å². The molecule has 130 valence electrons. The molecular weight excluding hydrogens is 352 g/mol. The lowest BCUT2D eigenvalue weighted by molar-refractivity contribution is -0.384. The minimum absolute atomic E-state index is 0.0257. The number of hydrogen-bond acceptors (Lipinski definition) is 6. The molecule has 26 heavy (non-hydrogen) atoms. The Morgan fingerprint density at radius 1 is 1.15 bits per heavy atom. The summed E-state index contributed by atoms with van der Waals surface area (Å²) in [5.41, 5.74) is 1.66. The van der Waals surface area contributed by atoms with Crippen molar-refractivity contribution in [2.75, 3.05) is 5.32 Å². The SMILES string of the molecule is O=C(C=Cc1cccc([N+](=O)[O-])c1)Nc1nnc(Cc2ccccc2)s1. The van der Waals surface area contributed by atoms with Crippen LogP contribution in [-0.4, -0.2) is 21.0 Å². The first-order chi connectivity index (χ1) is 12.6. The molecule has 0 bridgehead atoms. The van der Waals surface area contributed by atoms with Gasteiger partial charge in [-0.05, 0) is 17.2 Å². The van der Waals surface area contributed by atoms with Crippen LogP contribution in [0.4, 0.5) is 10.8 Å². The van der Waals surface area contributed by atoms with E-state index in [-0.39, 0.29) is 11.6 Å². The maximum atomic E-state index is 12.0. The molecule has 8 heteroatoms. The van der Waals surface area contributed by atoms with Crippen molar-refractivity contribution in [3.63, 3.8) is 0 Å². The van der Waals surface area contributed by atoms with Gasteiger partial charge >= 0.3 is 0 Å². The molecule has 1 aromatic heterocycles. The summed E-state index contributed by atoms with van der Waals surface area (Å²) in [6, 6.07) is 15.9. The second-order valence-corrected chi connectivity index (χ2v) is 6.40.